The van der Waals surface area contributed by atoms with E-state index in [0.29, 0.717) is 12.0 Å². The molecule has 2 unspecified atom stereocenters. The van der Waals surface area contributed by atoms with Crippen molar-refractivity contribution < 1.29 is 55.6 Å². The van der Waals surface area contributed by atoms with Crippen molar-refractivity contribution in [2.24, 2.45) is 5.92 Å². The van der Waals surface area contributed by atoms with Crippen LogP contribution in [0.15, 0.2) is 18.5 Å². The normalized spacial score (nSPS) is 24.5. The smallest absolute Gasteiger partial charge is 0.475 e. The molecule has 3 fully saturated rings. The number of halogens is 6. The lowest BCUT2D eigenvalue weighted by molar-refractivity contribution is -0.193. The summed E-state index contributed by atoms with van der Waals surface area (Å²) >= 11 is 0. The molecule has 16 heteroatoms. The molecule has 2 atom stereocenters. The number of likely N-dealkylation sites (tertiary alicyclic amines) is 1. The topological polar surface area (TPSA) is 134 Å². The number of nitrogens with one attached hydrogen (secondary N) is 1. The maximum atomic E-state index is 10.6. The quantitative estimate of drug-likeness (QED) is 0.484. The van der Waals surface area contributed by atoms with E-state index in [0.717, 1.165) is 51.7 Å². The predicted octanol–water partition coefficient (Wildman–Crippen LogP) is 2.82. The van der Waals surface area contributed by atoms with Crippen molar-refractivity contribution in [3.63, 3.8) is 0 Å². The third-order valence-electron chi connectivity index (χ3n) is 5.85. The maximum Gasteiger partial charge on any atom is 0.490 e. The van der Waals surface area contributed by atoms with Crippen molar-refractivity contribution in [3.8, 4) is 0 Å². The minimum atomic E-state index is -5.08. The second-order valence-corrected chi connectivity index (χ2v) is 8.76. The fraction of sp³-hybridized carbons (Fsp3) is 0.714. The van der Waals surface area contributed by atoms with Crippen LogP contribution in [0.1, 0.15) is 25.7 Å². The first-order chi connectivity index (χ1) is 17.2. The summed E-state index contributed by atoms with van der Waals surface area (Å²) in [5, 5.41) is 17.7. The third-order valence-corrected chi connectivity index (χ3v) is 5.85. The minimum Gasteiger partial charge on any atom is -0.475 e. The SMILES string of the molecule is O=C(O)C(F)(F)F.O=C(O)C(F)(F)F.c1cnc(NC2COC3(CCN(CC4CCOCC4)C3)C2)nc1. The summed E-state index contributed by atoms with van der Waals surface area (Å²) in [7, 11) is 0. The zero-order valence-electron chi connectivity index (χ0n) is 19.6. The van der Waals surface area contributed by atoms with Gasteiger partial charge in [-0.1, -0.05) is 0 Å². The third kappa shape index (κ3) is 10.7. The van der Waals surface area contributed by atoms with Gasteiger partial charge in [0.2, 0.25) is 5.95 Å². The second-order valence-electron chi connectivity index (χ2n) is 8.76. The Morgan fingerprint density at radius 1 is 1.05 bits per heavy atom. The van der Waals surface area contributed by atoms with E-state index in [1.807, 2.05) is 6.07 Å². The number of nitrogens with zero attached hydrogens (tertiary/aromatic N) is 3. The van der Waals surface area contributed by atoms with Crippen LogP contribution in [0.2, 0.25) is 0 Å². The molecule has 0 radical (unpaired) electrons. The highest BCUT2D eigenvalue weighted by molar-refractivity contribution is 5.73. The predicted molar refractivity (Wildman–Crippen MR) is 115 cm³/mol. The van der Waals surface area contributed by atoms with Gasteiger partial charge in [0.25, 0.3) is 0 Å². The summed E-state index contributed by atoms with van der Waals surface area (Å²) in [6, 6.07) is 2.16. The number of anilines is 1. The summed E-state index contributed by atoms with van der Waals surface area (Å²) in [5.41, 5.74) is 0.0393. The molecule has 3 aliphatic heterocycles. The molecule has 0 aliphatic carbocycles. The van der Waals surface area contributed by atoms with Crippen LogP contribution in [0.3, 0.4) is 0 Å². The molecule has 1 aromatic heterocycles. The molecule has 10 nitrogen and oxygen atoms in total. The van der Waals surface area contributed by atoms with E-state index in [-0.39, 0.29) is 5.60 Å². The van der Waals surface area contributed by atoms with Gasteiger partial charge in [-0.3, -0.25) is 0 Å². The first-order valence-electron chi connectivity index (χ1n) is 11.3. The molecule has 4 heterocycles. The first-order valence-corrected chi connectivity index (χ1v) is 11.3. The average Bonchev–Trinajstić information content (AvgIpc) is 3.40. The molecular formula is C21H28F6N4O6. The van der Waals surface area contributed by atoms with Gasteiger partial charge < -0.3 is 29.9 Å². The highest BCUT2D eigenvalue weighted by Crippen LogP contribution is 2.36. The Bertz CT molecular complexity index is 845. The van der Waals surface area contributed by atoms with Crippen molar-refractivity contribution in [1.82, 2.24) is 14.9 Å². The molecule has 0 aromatic carbocycles. The molecule has 3 N–H and O–H groups in total. The number of carboxylic acid groups (broad SMARTS) is 2. The number of aliphatic carboxylic acids is 2. The molecule has 210 valence electrons. The van der Waals surface area contributed by atoms with E-state index in [4.69, 9.17) is 29.3 Å². The number of aromatic nitrogens is 2. The van der Waals surface area contributed by atoms with Gasteiger partial charge in [0.05, 0.1) is 18.2 Å². The van der Waals surface area contributed by atoms with Gasteiger partial charge in [-0.2, -0.15) is 26.3 Å². The molecule has 0 amide bonds. The monoisotopic (exact) mass is 546 g/mol. The Morgan fingerprint density at radius 3 is 2.11 bits per heavy atom. The second kappa shape index (κ2) is 13.2. The standard InChI is InChI=1S/C17H26N4O2.2C2HF3O2/c1-5-18-16(19-6-1)20-15-10-17(23-12-15)4-7-21(13-17)11-14-2-8-22-9-3-14;2*3-2(4,5)1(6)7/h1,5-6,14-15H,2-4,7-13H2,(H,18,19,20);2*(H,6,7). The molecule has 1 aromatic rings. The number of ether oxygens (including phenoxy) is 2. The molecular weight excluding hydrogens is 518 g/mol. The summed E-state index contributed by atoms with van der Waals surface area (Å²) in [6.07, 6.45) is -2.02. The molecule has 37 heavy (non-hydrogen) atoms. The van der Waals surface area contributed by atoms with E-state index < -0.39 is 24.3 Å². The lowest BCUT2D eigenvalue weighted by atomic mass is 9.97. The van der Waals surface area contributed by atoms with Crippen LogP contribution >= 0.6 is 0 Å². The average molecular weight is 546 g/mol. The van der Waals surface area contributed by atoms with E-state index in [2.05, 4.69) is 20.2 Å². The minimum absolute atomic E-state index is 0.0393. The highest BCUT2D eigenvalue weighted by atomic mass is 19.4. The van der Waals surface area contributed by atoms with Crippen molar-refractivity contribution >= 4 is 17.9 Å². The largest absolute Gasteiger partial charge is 0.490 e. The molecule has 3 aliphatic rings. The Labute approximate surface area is 208 Å². The van der Waals surface area contributed by atoms with Crippen LogP contribution < -0.4 is 5.32 Å². The maximum absolute atomic E-state index is 10.6. The summed E-state index contributed by atoms with van der Waals surface area (Å²) in [6.45, 7) is 6.05. The van der Waals surface area contributed by atoms with Crippen LogP contribution in [-0.2, 0) is 19.1 Å². The van der Waals surface area contributed by atoms with E-state index in [9.17, 15) is 26.3 Å². The van der Waals surface area contributed by atoms with E-state index in [1.165, 1.54) is 19.4 Å². The van der Waals surface area contributed by atoms with Crippen molar-refractivity contribution in [2.45, 2.75) is 49.7 Å². The van der Waals surface area contributed by atoms with Gasteiger partial charge in [-0.15, -0.1) is 0 Å². The Balaban J connectivity index is 0.000000286. The van der Waals surface area contributed by atoms with Crippen molar-refractivity contribution in [2.75, 3.05) is 44.8 Å². The number of carbonyl (C=O) groups is 2. The molecule has 1 spiro atoms. The van der Waals surface area contributed by atoms with Crippen LogP contribution in [0.4, 0.5) is 32.3 Å². The van der Waals surface area contributed by atoms with Gasteiger partial charge in [0.1, 0.15) is 0 Å². The van der Waals surface area contributed by atoms with Gasteiger partial charge >= 0.3 is 24.3 Å². The van der Waals surface area contributed by atoms with Crippen molar-refractivity contribution in [3.05, 3.63) is 18.5 Å². The summed E-state index contributed by atoms with van der Waals surface area (Å²) in [4.78, 5) is 28.9. The lowest BCUT2D eigenvalue weighted by Gasteiger charge is -2.28. The number of hydrogen-bond donors (Lipinski definition) is 3. The number of alkyl halides is 6. The molecule has 4 rings (SSSR count). The Morgan fingerprint density at radius 2 is 1.59 bits per heavy atom. The first kappa shape index (κ1) is 30.5. The van der Waals surface area contributed by atoms with E-state index in [1.54, 1.807) is 12.4 Å². The molecule has 3 saturated heterocycles. The fourth-order valence-corrected chi connectivity index (χ4v) is 4.16. The van der Waals surface area contributed by atoms with Crippen LogP contribution in [0, 0.1) is 5.92 Å². The Kier molecular flexibility index (Phi) is 10.9. The van der Waals surface area contributed by atoms with Crippen LogP contribution in [0.5, 0.6) is 0 Å². The van der Waals surface area contributed by atoms with Gasteiger partial charge in [-0.05, 0) is 31.2 Å². The number of hydrogen-bond acceptors (Lipinski definition) is 8. The van der Waals surface area contributed by atoms with Crippen molar-refractivity contribution in [1.29, 1.82) is 0 Å². The highest BCUT2D eigenvalue weighted by Gasteiger charge is 2.46. The summed E-state index contributed by atoms with van der Waals surface area (Å²) in [5.74, 6) is -4.01. The molecule has 0 saturated carbocycles. The Hall–Kier alpha value is -2.72. The van der Waals surface area contributed by atoms with Gasteiger partial charge in [0.15, 0.2) is 0 Å². The van der Waals surface area contributed by atoms with Crippen LogP contribution in [-0.4, -0.2) is 100 Å². The van der Waals surface area contributed by atoms with E-state index >= 15 is 0 Å². The lowest BCUT2D eigenvalue weighted by Crippen LogP contribution is -2.36. The van der Waals surface area contributed by atoms with Gasteiger partial charge in [-0.25, -0.2) is 19.6 Å². The number of rotatable bonds is 4. The van der Waals surface area contributed by atoms with Crippen LogP contribution in [0.25, 0.3) is 0 Å². The van der Waals surface area contributed by atoms with Gasteiger partial charge in [0, 0.05) is 51.7 Å². The zero-order valence-corrected chi connectivity index (χ0v) is 19.6. The molecule has 0 bridgehead atoms. The summed E-state index contributed by atoms with van der Waals surface area (Å²) < 4.78 is 75.2. The fourth-order valence-electron chi connectivity index (χ4n) is 4.16. The zero-order chi connectivity index (χ0) is 27.7. The number of carboxylic acids is 2.